The summed E-state index contributed by atoms with van der Waals surface area (Å²) in [5.41, 5.74) is 2.16. The van der Waals surface area contributed by atoms with Gasteiger partial charge in [-0.05, 0) is 31.7 Å². The van der Waals surface area contributed by atoms with Crippen molar-refractivity contribution in [3.63, 3.8) is 0 Å². The summed E-state index contributed by atoms with van der Waals surface area (Å²) in [6.07, 6.45) is 3.18. The molecule has 0 spiro atoms. The molecule has 1 amide bonds. The number of aryl methyl sites for hydroxylation is 1. The Kier molecular flexibility index (Phi) is 4.77. The van der Waals surface area contributed by atoms with Crippen molar-refractivity contribution in [3.05, 3.63) is 35.4 Å². The lowest BCUT2D eigenvalue weighted by molar-refractivity contribution is -0.141. The summed E-state index contributed by atoms with van der Waals surface area (Å²) >= 11 is 0. The SMILES string of the molecule is Cc1ccc(CC(=O)N2CCCCC2CC(=O)O)cc1. The molecule has 4 nitrogen and oxygen atoms in total. The van der Waals surface area contributed by atoms with Crippen LogP contribution in [0.5, 0.6) is 0 Å². The molecule has 0 radical (unpaired) electrons. The van der Waals surface area contributed by atoms with Crippen molar-refractivity contribution in [3.8, 4) is 0 Å². The van der Waals surface area contributed by atoms with Crippen LogP contribution in [0.15, 0.2) is 24.3 Å². The zero-order valence-corrected chi connectivity index (χ0v) is 11.8. The summed E-state index contributed by atoms with van der Waals surface area (Å²) in [6, 6.07) is 7.77. The highest BCUT2D eigenvalue weighted by Gasteiger charge is 2.28. The molecular formula is C16H21NO3. The molecule has 20 heavy (non-hydrogen) atoms. The largest absolute Gasteiger partial charge is 0.481 e. The van der Waals surface area contributed by atoms with Crippen LogP contribution in [0, 0.1) is 6.92 Å². The average Bonchev–Trinajstić information content (AvgIpc) is 2.41. The minimum atomic E-state index is -0.829. The molecule has 0 bridgehead atoms. The molecule has 0 aliphatic carbocycles. The van der Waals surface area contributed by atoms with Gasteiger partial charge >= 0.3 is 5.97 Å². The first-order chi connectivity index (χ1) is 9.56. The summed E-state index contributed by atoms with van der Waals surface area (Å²) < 4.78 is 0. The van der Waals surface area contributed by atoms with Gasteiger partial charge in [0, 0.05) is 12.6 Å². The van der Waals surface area contributed by atoms with Crippen molar-refractivity contribution in [1.29, 1.82) is 0 Å². The zero-order valence-electron chi connectivity index (χ0n) is 11.8. The highest BCUT2D eigenvalue weighted by Crippen LogP contribution is 2.21. The van der Waals surface area contributed by atoms with Crippen LogP contribution in [0.25, 0.3) is 0 Å². The molecule has 1 fully saturated rings. The summed E-state index contributed by atoms with van der Waals surface area (Å²) in [6.45, 7) is 2.70. The molecule has 1 heterocycles. The highest BCUT2D eigenvalue weighted by atomic mass is 16.4. The van der Waals surface area contributed by atoms with Crippen LogP contribution >= 0.6 is 0 Å². The van der Waals surface area contributed by atoms with E-state index in [4.69, 9.17) is 5.11 Å². The van der Waals surface area contributed by atoms with Crippen LogP contribution in [-0.2, 0) is 16.0 Å². The Balaban J connectivity index is 2.01. The van der Waals surface area contributed by atoms with E-state index in [1.54, 1.807) is 4.90 Å². The number of carboxylic acids is 1. The normalized spacial score (nSPS) is 18.9. The van der Waals surface area contributed by atoms with Crippen LogP contribution in [-0.4, -0.2) is 34.5 Å². The minimum Gasteiger partial charge on any atom is -0.481 e. The van der Waals surface area contributed by atoms with Gasteiger partial charge in [-0.25, -0.2) is 0 Å². The maximum atomic E-state index is 12.4. The van der Waals surface area contributed by atoms with E-state index < -0.39 is 5.97 Å². The van der Waals surface area contributed by atoms with Crippen LogP contribution in [0.1, 0.15) is 36.8 Å². The minimum absolute atomic E-state index is 0.0415. The number of nitrogens with zero attached hydrogens (tertiary/aromatic N) is 1. The van der Waals surface area contributed by atoms with Crippen molar-refractivity contribution in [2.24, 2.45) is 0 Å². The van der Waals surface area contributed by atoms with Crippen LogP contribution in [0.3, 0.4) is 0 Å². The third-order valence-electron chi connectivity index (χ3n) is 3.83. The van der Waals surface area contributed by atoms with Crippen molar-refractivity contribution in [1.82, 2.24) is 4.90 Å². The molecule has 1 aromatic carbocycles. The Morgan fingerprint density at radius 3 is 2.60 bits per heavy atom. The van der Waals surface area contributed by atoms with Gasteiger partial charge in [-0.1, -0.05) is 29.8 Å². The number of likely N-dealkylation sites (tertiary alicyclic amines) is 1. The molecule has 1 atom stereocenters. The van der Waals surface area contributed by atoms with Gasteiger partial charge in [0.05, 0.1) is 12.8 Å². The number of rotatable bonds is 4. The molecule has 4 heteroatoms. The number of carboxylic acid groups (broad SMARTS) is 1. The van der Waals surface area contributed by atoms with E-state index in [-0.39, 0.29) is 18.4 Å². The predicted octanol–water partition coefficient (Wildman–Crippen LogP) is 2.39. The fourth-order valence-corrected chi connectivity index (χ4v) is 2.72. The Hall–Kier alpha value is -1.84. The highest BCUT2D eigenvalue weighted by molar-refractivity contribution is 5.80. The van der Waals surface area contributed by atoms with Gasteiger partial charge in [-0.15, -0.1) is 0 Å². The molecule has 1 aromatic rings. The van der Waals surface area contributed by atoms with Crippen molar-refractivity contribution < 1.29 is 14.7 Å². The molecule has 1 N–H and O–H groups in total. The van der Waals surface area contributed by atoms with E-state index in [0.29, 0.717) is 13.0 Å². The summed E-state index contributed by atoms with van der Waals surface area (Å²) in [4.78, 5) is 25.0. The van der Waals surface area contributed by atoms with Gasteiger partial charge in [0.15, 0.2) is 0 Å². The number of piperidine rings is 1. The van der Waals surface area contributed by atoms with E-state index in [1.165, 1.54) is 5.56 Å². The first-order valence-electron chi connectivity index (χ1n) is 7.13. The summed E-state index contributed by atoms with van der Waals surface area (Å²) in [7, 11) is 0. The Morgan fingerprint density at radius 1 is 1.25 bits per heavy atom. The van der Waals surface area contributed by atoms with Crippen LogP contribution < -0.4 is 0 Å². The van der Waals surface area contributed by atoms with Crippen molar-refractivity contribution in [2.45, 2.75) is 45.1 Å². The molecule has 1 saturated heterocycles. The molecule has 1 aliphatic heterocycles. The number of carbonyl (C=O) groups is 2. The van der Waals surface area contributed by atoms with Gasteiger partial charge < -0.3 is 10.0 Å². The molecule has 2 rings (SSSR count). The number of hydrogen-bond donors (Lipinski definition) is 1. The topological polar surface area (TPSA) is 57.6 Å². The molecular weight excluding hydrogens is 254 g/mol. The van der Waals surface area contributed by atoms with E-state index in [2.05, 4.69) is 0 Å². The van der Waals surface area contributed by atoms with Crippen LogP contribution in [0.2, 0.25) is 0 Å². The number of aliphatic carboxylic acids is 1. The maximum Gasteiger partial charge on any atom is 0.305 e. The second kappa shape index (κ2) is 6.55. The van der Waals surface area contributed by atoms with Crippen LogP contribution in [0.4, 0.5) is 0 Å². The molecule has 1 unspecified atom stereocenters. The monoisotopic (exact) mass is 275 g/mol. The molecule has 108 valence electrons. The molecule has 0 saturated carbocycles. The van der Waals surface area contributed by atoms with Crippen molar-refractivity contribution >= 4 is 11.9 Å². The molecule has 0 aromatic heterocycles. The number of amides is 1. The van der Waals surface area contributed by atoms with Gasteiger partial charge in [-0.3, -0.25) is 9.59 Å². The second-order valence-corrected chi connectivity index (χ2v) is 5.50. The quantitative estimate of drug-likeness (QED) is 0.918. The maximum absolute atomic E-state index is 12.4. The van der Waals surface area contributed by atoms with Gasteiger partial charge in [-0.2, -0.15) is 0 Å². The standard InChI is InChI=1S/C16H21NO3/c1-12-5-7-13(8-6-12)10-15(18)17-9-3-2-4-14(17)11-16(19)20/h5-8,14H,2-4,9-11H2,1H3,(H,19,20). The second-order valence-electron chi connectivity index (χ2n) is 5.50. The Bertz CT molecular complexity index is 481. The number of hydrogen-bond acceptors (Lipinski definition) is 2. The smallest absolute Gasteiger partial charge is 0.305 e. The summed E-state index contributed by atoms with van der Waals surface area (Å²) in [5, 5.41) is 8.95. The lowest BCUT2D eigenvalue weighted by atomic mass is 9.98. The third-order valence-corrected chi connectivity index (χ3v) is 3.83. The van der Waals surface area contributed by atoms with Gasteiger partial charge in [0.25, 0.3) is 0 Å². The van der Waals surface area contributed by atoms with E-state index in [1.807, 2.05) is 31.2 Å². The number of carbonyl (C=O) groups excluding carboxylic acids is 1. The average molecular weight is 275 g/mol. The Labute approximate surface area is 119 Å². The lowest BCUT2D eigenvalue weighted by Gasteiger charge is -2.35. The van der Waals surface area contributed by atoms with Gasteiger partial charge in [0.2, 0.25) is 5.91 Å². The zero-order chi connectivity index (χ0) is 14.5. The van der Waals surface area contributed by atoms with E-state index in [9.17, 15) is 9.59 Å². The van der Waals surface area contributed by atoms with E-state index >= 15 is 0 Å². The molecule has 1 aliphatic rings. The third kappa shape index (κ3) is 3.83. The number of benzene rings is 1. The van der Waals surface area contributed by atoms with Crippen molar-refractivity contribution in [2.75, 3.05) is 6.54 Å². The fourth-order valence-electron chi connectivity index (χ4n) is 2.72. The summed E-state index contributed by atoms with van der Waals surface area (Å²) in [5.74, 6) is -0.787. The lowest BCUT2D eigenvalue weighted by Crippen LogP contribution is -2.45. The Morgan fingerprint density at radius 2 is 1.95 bits per heavy atom. The first kappa shape index (κ1) is 14.6. The fraction of sp³-hybridized carbons (Fsp3) is 0.500. The predicted molar refractivity (Wildman–Crippen MR) is 76.5 cm³/mol. The van der Waals surface area contributed by atoms with Gasteiger partial charge in [0.1, 0.15) is 0 Å². The first-order valence-corrected chi connectivity index (χ1v) is 7.13. The van der Waals surface area contributed by atoms with E-state index in [0.717, 1.165) is 24.8 Å².